The zero-order valence-electron chi connectivity index (χ0n) is 40.8. The van der Waals surface area contributed by atoms with E-state index in [1.54, 1.807) is 12.2 Å². The van der Waals surface area contributed by atoms with Gasteiger partial charge in [0.25, 0.3) is 7.82 Å². The highest BCUT2D eigenvalue weighted by Crippen LogP contribution is 2.38. The van der Waals surface area contributed by atoms with Crippen LogP contribution < -0.4 is 4.89 Å². The van der Waals surface area contributed by atoms with Crippen molar-refractivity contribution in [3.63, 3.8) is 0 Å². The molecule has 364 valence electrons. The first-order valence-electron chi connectivity index (χ1n) is 24.9. The summed E-state index contributed by atoms with van der Waals surface area (Å²) in [6.45, 7) is 3.99. The lowest BCUT2D eigenvalue weighted by molar-refractivity contribution is -0.870. The van der Waals surface area contributed by atoms with Crippen molar-refractivity contribution in [3.8, 4) is 0 Å². The van der Waals surface area contributed by atoms with Crippen LogP contribution in [0.5, 0.6) is 0 Å². The normalized spacial score (nSPS) is 13.9. The van der Waals surface area contributed by atoms with Gasteiger partial charge in [-0.2, -0.15) is 0 Å². The Labute approximate surface area is 385 Å². The molecule has 2 atom stereocenters. The lowest BCUT2D eigenvalue weighted by Gasteiger charge is -2.28. The van der Waals surface area contributed by atoms with E-state index in [1.807, 2.05) is 45.4 Å². The standard InChI is InChI=1S/C52H92NO9P/c1-6-8-10-11-12-13-14-15-16-17-18-19-20-21-22-23-26-30-33-36-40-44-52(56)62-50(48-61-63(57,58)60-46-45-53(3,4)5)47-59-51(55)43-39-35-32-29-27-24-25-28-31-34-38-42-49(54)41-37-9-7-2/h15-16,24-25,29,31-32,34,38,42,50H,6-14,17-23,26-28,30,33,35-37,39-41,43-48H2,1-5H3/b16-15-,25-24-,32-29-,34-31-,42-38+/t50-/m1/s1. The lowest BCUT2D eigenvalue weighted by Crippen LogP contribution is -2.37. The van der Waals surface area contributed by atoms with Gasteiger partial charge < -0.3 is 27.9 Å². The van der Waals surface area contributed by atoms with Crippen molar-refractivity contribution in [3.05, 3.63) is 60.8 Å². The highest BCUT2D eigenvalue weighted by Gasteiger charge is 2.21. The summed E-state index contributed by atoms with van der Waals surface area (Å²) >= 11 is 0. The molecule has 0 rings (SSSR count). The first kappa shape index (κ1) is 60.4. The molecule has 0 aromatic carbocycles. The van der Waals surface area contributed by atoms with E-state index in [9.17, 15) is 23.8 Å². The van der Waals surface area contributed by atoms with Gasteiger partial charge in [0.15, 0.2) is 11.9 Å². The monoisotopic (exact) mass is 906 g/mol. The Morgan fingerprint density at radius 1 is 0.540 bits per heavy atom. The van der Waals surface area contributed by atoms with Gasteiger partial charge in [0.1, 0.15) is 19.8 Å². The first-order chi connectivity index (χ1) is 30.4. The predicted molar refractivity (Wildman–Crippen MR) is 259 cm³/mol. The van der Waals surface area contributed by atoms with Crippen molar-refractivity contribution in [1.29, 1.82) is 0 Å². The number of esters is 2. The summed E-state index contributed by atoms with van der Waals surface area (Å²) in [4.78, 5) is 49.4. The number of hydrogen-bond donors (Lipinski definition) is 0. The molecule has 0 fully saturated rings. The Balaban J connectivity index is 4.38. The van der Waals surface area contributed by atoms with E-state index in [4.69, 9.17) is 18.5 Å². The van der Waals surface area contributed by atoms with E-state index < -0.39 is 32.5 Å². The molecule has 0 aromatic rings. The Morgan fingerprint density at radius 2 is 1.02 bits per heavy atom. The number of unbranched alkanes of at least 4 members (excludes halogenated alkanes) is 20. The van der Waals surface area contributed by atoms with Crippen molar-refractivity contribution >= 4 is 25.5 Å². The summed E-state index contributed by atoms with van der Waals surface area (Å²) in [5.41, 5.74) is 0. The Hall–Kier alpha value is -2.62. The summed E-state index contributed by atoms with van der Waals surface area (Å²) in [7, 11) is 1.10. The number of rotatable bonds is 45. The number of ketones is 1. The second-order valence-corrected chi connectivity index (χ2v) is 19.3. The number of carbonyl (C=O) groups excluding carboxylic acids is 3. The van der Waals surface area contributed by atoms with E-state index in [2.05, 4.69) is 38.2 Å². The maximum Gasteiger partial charge on any atom is 0.306 e. The summed E-state index contributed by atoms with van der Waals surface area (Å²) in [5, 5.41) is 0. The summed E-state index contributed by atoms with van der Waals surface area (Å²) in [5.74, 6) is -0.765. The Morgan fingerprint density at radius 3 is 1.62 bits per heavy atom. The quantitative estimate of drug-likeness (QED) is 0.0112. The van der Waals surface area contributed by atoms with Crippen molar-refractivity contribution < 1.29 is 46.8 Å². The first-order valence-corrected chi connectivity index (χ1v) is 26.4. The molecule has 0 N–H and O–H groups in total. The number of phosphoric acid groups is 1. The van der Waals surface area contributed by atoms with Gasteiger partial charge in [-0.1, -0.05) is 171 Å². The maximum atomic E-state index is 12.7. The summed E-state index contributed by atoms with van der Waals surface area (Å²) < 4.78 is 33.9. The van der Waals surface area contributed by atoms with Crippen LogP contribution in [0.1, 0.15) is 200 Å². The summed E-state index contributed by atoms with van der Waals surface area (Å²) in [6.07, 6.45) is 49.5. The highest BCUT2D eigenvalue weighted by molar-refractivity contribution is 7.45. The third-order valence-electron chi connectivity index (χ3n) is 10.5. The van der Waals surface area contributed by atoms with Crippen LogP contribution in [0.3, 0.4) is 0 Å². The number of allylic oxidation sites excluding steroid dienone is 10. The van der Waals surface area contributed by atoms with Crippen molar-refractivity contribution in [2.24, 2.45) is 0 Å². The lowest BCUT2D eigenvalue weighted by atomic mass is 10.0. The van der Waals surface area contributed by atoms with Crippen LogP contribution in [-0.4, -0.2) is 75.8 Å². The molecule has 0 aliphatic heterocycles. The average Bonchev–Trinajstić information content (AvgIpc) is 3.23. The van der Waals surface area contributed by atoms with Crippen LogP contribution in [0.2, 0.25) is 0 Å². The van der Waals surface area contributed by atoms with E-state index in [-0.39, 0.29) is 31.8 Å². The van der Waals surface area contributed by atoms with Crippen LogP contribution in [0.4, 0.5) is 0 Å². The van der Waals surface area contributed by atoms with E-state index in [0.29, 0.717) is 36.7 Å². The molecule has 0 spiro atoms. The minimum atomic E-state index is -4.66. The molecule has 1 unspecified atom stereocenters. The van der Waals surface area contributed by atoms with Gasteiger partial charge in [-0.3, -0.25) is 18.9 Å². The van der Waals surface area contributed by atoms with E-state index in [0.717, 1.165) is 51.4 Å². The molecule has 11 heteroatoms. The third-order valence-corrected chi connectivity index (χ3v) is 11.5. The van der Waals surface area contributed by atoms with Gasteiger partial charge in [-0.05, 0) is 70.3 Å². The molecule has 0 bridgehead atoms. The smallest absolute Gasteiger partial charge is 0.306 e. The Kier molecular flexibility index (Phi) is 41.5. The molecule has 0 radical (unpaired) electrons. The number of hydrogen-bond acceptors (Lipinski definition) is 9. The second-order valence-electron chi connectivity index (χ2n) is 17.9. The topological polar surface area (TPSA) is 128 Å². The average molecular weight is 906 g/mol. The molecule has 0 aliphatic carbocycles. The van der Waals surface area contributed by atoms with Gasteiger partial charge in [0.2, 0.25) is 0 Å². The molecule has 0 saturated heterocycles. The van der Waals surface area contributed by atoms with Crippen LogP contribution in [0.15, 0.2) is 60.8 Å². The minimum absolute atomic E-state index is 0.0511. The number of nitrogens with zero attached hydrogens (tertiary/aromatic N) is 1. The fourth-order valence-corrected chi connectivity index (χ4v) is 7.27. The largest absolute Gasteiger partial charge is 0.756 e. The van der Waals surface area contributed by atoms with Gasteiger partial charge in [0, 0.05) is 19.3 Å². The Bertz CT molecular complexity index is 1320. The molecule has 10 nitrogen and oxygen atoms in total. The van der Waals surface area contributed by atoms with Crippen LogP contribution in [0.25, 0.3) is 0 Å². The number of quaternary nitrogens is 1. The van der Waals surface area contributed by atoms with Gasteiger partial charge in [-0.15, -0.1) is 0 Å². The number of carbonyl (C=O) groups is 3. The molecule has 63 heavy (non-hydrogen) atoms. The zero-order chi connectivity index (χ0) is 46.5. The molecular formula is C52H92NO9P. The fourth-order valence-electron chi connectivity index (χ4n) is 6.54. The second kappa shape index (κ2) is 43.3. The van der Waals surface area contributed by atoms with Crippen LogP contribution in [-0.2, 0) is 37.5 Å². The maximum absolute atomic E-state index is 12.7. The number of likely N-dealkylation sites (N-methyl/N-ethyl adjacent to an activating group) is 1. The van der Waals surface area contributed by atoms with Gasteiger partial charge in [-0.25, -0.2) is 0 Å². The molecular weight excluding hydrogens is 814 g/mol. The predicted octanol–water partition coefficient (Wildman–Crippen LogP) is 13.4. The van der Waals surface area contributed by atoms with E-state index >= 15 is 0 Å². The number of phosphoric ester groups is 1. The van der Waals surface area contributed by atoms with Crippen molar-refractivity contribution in [2.45, 2.75) is 206 Å². The molecule has 0 saturated carbocycles. The van der Waals surface area contributed by atoms with Gasteiger partial charge in [0.05, 0.1) is 27.7 Å². The zero-order valence-corrected chi connectivity index (χ0v) is 41.6. The molecule has 0 amide bonds. The van der Waals surface area contributed by atoms with Crippen molar-refractivity contribution in [1.82, 2.24) is 0 Å². The third kappa shape index (κ3) is 47.2. The highest BCUT2D eigenvalue weighted by atomic mass is 31.2. The summed E-state index contributed by atoms with van der Waals surface area (Å²) in [6, 6.07) is 0. The molecule has 0 aromatic heterocycles. The number of ether oxygens (including phenoxy) is 2. The van der Waals surface area contributed by atoms with Crippen LogP contribution >= 0.6 is 7.82 Å². The van der Waals surface area contributed by atoms with Gasteiger partial charge >= 0.3 is 11.9 Å². The van der Waals surface area contributed by atoms with Crippen LogP contribution in [0, 0.1) is 0 Å². The molecule has 0 heterocycles. The van der Waals surface area contributed by atoms with Crippen molar-refractivity contribution in [2.75, 3.05) is 47.5 Å². The fraction of sp³-hybridized carbons (Fsp3) is 0.750. The minimum Gasteiger partial charge on any atom is -0.756 e. The molecule has 0 aliphatic rings. The SMILES string of the molecule is CCCCCCCC/C=C\CCCCCCCCCCCCCC(=O)O[C@H](COC(=O)CCC/C=C\C/C=C\C/C=C\C=C\C(=O)CCCCC)COP(=O)([O-])OCC[N+](C)(C)C. The van der Waals surface area contributed by atoms with E-state index in [1.165, 1.54) is 96.3 Å².